The van der Waals surface area contributed by atoms with Gasteiger partial charge >= 0.3 is 6.09 Å². The summed E-state index contributed by atoms with van der Waals surface area (Å²) in [5, 5.41) is 25.2. The van der Waals surface area contributed by atoms with Gasteiger partial charge in [0.05, 0.1) is 12.8 Å². The third kappa shape index (κ3) is 4.88. The van der Waals surface area contributed by atoms with Gasteiger partial charge in [0.25, 0.3) is 0 Å². The van der Waals surface area contributed by atoms with Crippen LogP contribution in [-0.2, 0) is 15.9 Å². The van der Waals surface area contributed by atoms with E-state index in [0.29, 0.717) is 22.9 Å². The Morgan fingerprint density at radius 3 is 2.72 bits per heavy atom. The summed E-state index contributed by atoms with van der Waals surface area (Å²) in [6.07, 6.45) is 2.60. The van der Waals surface area contributed by atoms with Crippen LogP contribution in [0, 0.1) is 5.92 Å². The normalized spacial score (nSPS) is 33.7. The van der Waals surface area contributed by atoms with Crippen LogP contribution in [0.2, 0.25) is 5.02 Å². The highest BCUT2D eigenvalue weighted by atomic mass is 35.5. The summed E-state index contributed by atoms with van der Waals surface area (Å²) in [5.74, 6) is -0.0598. The van der Waals surface area contributed by atoms with Gasteiger partial charge in [-0.05, 0) is 31.0 Å². The zero-order chi connectivity index (χ0) is 23.6. The third-order valence-electron chi connectivity index (χ3n) is 6.10. The van der Waals surface area contributed by atoms with Gasteiger partial charge in [0.2, 0.25) is 0 Å². The highest BCUT2D eigenvalue weighted by molar-refractivity contribution is 6.34. The largest absolute Gasteiger partial charge is 0.495 e. The smallest absolute Gasteiger partial charge is 0.409 e. The molecule has 32 heavy (non-hydrogen) atoms. The summed E-state index contributed by atoms with van der Waals surface area (Å²) >= 11 is 6.57. The maximum absolute atomic E-state index is 12.3. The van der Waals surface area contributed by atoms with Crippen LogP contribution in [0.25, 0.3) is 0 Å². The minimum Gasteiger partial charge on any atom is -0.495 e. The van der Waals surface area contributed by atoms with Crippen molar-refractivity contribution in [2.45, 2.75) is 50.8 Å². The number of methoxy groups -OCH3 is 2. The van der Waals surface area contributed by atoms with E-state index >= 15 is 0 Å². The molecule has 4 bridgehead atoms. The molecule has 2 heterocycles. The number of benzene rings is 1. The van der Waals surface area contributed by atoms with Gasteiger partial charge in [-0.15, -0.1) is 0 Å². The minimum absolute atomic E-state index is 0.0213. The van der Waals surface area contributed by atoms with Crippen LogP contribution in [0.15, 0.2) is 35.9 Å². The molecule has 1 amide bonds. The number of aliphatic hydroxyl groups excluding tert-OH is 1. The molecule has 176 valence electrons. The number of aliphatic hydroxyl groups is 2. The fourth-order valence-corrected chi connectivity index (χ4v) is 4.51. The number of alkyl carbamates (subject to hydrolysis) is 1. The molecular weight excluding hydrogens is 436 g/mol. The zero-order valence-corrected chi connectivity index (χ0v) is 19.7. The number of nitrogens with one attached hydrogen (secondary N) is 1. The first-order valence-electron chi connectivity index (χ1n) is 10.4. The Bertz CT molecular complexity index is 920. The number of carbonyl (C=O) groups excluding carboxylic acids is 1. The number of allylic oxidation sites excluding steroid dienone is 3. The van der Waals surface area contributed by atoms with Crippen LogP contribution in [0.5, 0.6) is 5.75 Å². The summed E-state index contributed by atoms with van der Waals surface area (Å²) in [6.45, 7) is 3.73. The number of fused-ring (bicyclic) bond motifs is 4. The van der Waals surface area contributed by atoms with Crippen LogP contribution in [0.4, 0.5) is 10.5 Å². The van der Waals surface area contributed by atoms with Gasteiger partial charge < -0.3 is 29.3 Å². The second kappa shape index (κ2) is 9.70. The van der Waals surface area contributed by atoms with E-state index in [1.165, 1.54) is 7.11 Å². The SMILES string of the molecule is COc1cc2cc(c1Cl)N(C)C(O)[C@H](C)[C@@H]1C[C@@](O)(NC(=O)O1)[C@H](OC)/C=C/C=C(/C)C2. The van der Waals surface area contributed by atoms with Crippen LogP contribution < -0.4 is 15.0 Å². The molecule has 1 saturated heterocycles. The Labute approximate surface area is 193 Å². The molecule has 0 saturated carbocycles. The summed E-state index contributed by atoms with van der Waals surface area (Å²) in [4.78, 5) is 13.9. The number of hydrogen-bond donors (Lipinski definition) is 3. The molecule has 0 spiro atoms. The third-order valence-corrected chi connectivity index (χ3v) is 6.48. The molecule has 1 aromatic rings. The average Bonchev–Trinajstić information content (AvgIpc) is 2.74. The molecule has 2 aliphatic heterocycles. The molecule has 5 atom stereocenters. The van der Waals surface area contributed by atoms with Crippen molar-refractivity contribution in [3.05, 3.63) is 46.5 Å². The van der Waals surface area contributed by atoms with E-state index in [9.17, 15) is 15.0 Å². The maximum Gasteiger partial charge on any atom is 0.409 e. The van der Waals surface area contributed by atoms with Gasteiger partial charge in [0.1, 0.15) is 29.2 Å². The lowest BCUT2D eigenvalue weighted by molar-refractivity contribution is -0.147. The number of anilines is 1. The van der Waals surface area contributed by atoms with E-state index in [1.54, 1.807) is 38.1 Å². The van der Waals surface area contributed by atoms with Crippen molar-refractivity contribution in [2.75, 3.05) is 26.2 Å². The Morgan fingerprint density at radius 1 is 1.34 bits per heavy atom. The number of nitrogens with zero attached hydrogens (tertiary/aromatic N) is 1. The Kier molecular flexibility index (Phi) is 7.39. The molecule has 0 aromatic heterocycles. The first-order chi connectivity index (χ1) is 15.1. The average molecular weight is 467 g/mol. The fourth-order valence-electron chi connectivity index (χ4n) is 4.19. The quantitative estimate of drug-likeness (QED) is 0.616. The van der Waals surface area contributed by atoms with Crippen molar-refractivity contribution in [1.29, 1.82) is 0 Å². The Morgan fingerprint density at radius 2 is 2.06 bits per heavy atom. The molecule has 3 N–H and O–H groups in total. The summed E-state index contributed by atoms with van der Waals surface area (Å²) in [6, 6.07) is 3.78. The second-order valence-electron chi connectivity index (χ2n) is 8.44. The van der Waals surface area contributed by atoms with Gasteiger partial charge in [-0.1, -0.05) is 42.3 Å². The lowest BCUT2D eigenvalue weighted by Crippen LogP contribution is -2.64. The van der Waals surface area contributed by atoms with E-state index in [-0.39, 0.29) is 6.42 Å². The molecular formula is C23H31ClN2O6. The van der Waals surface area contributed by atoms with Crippen LogP contribution in [-0.4, -0.2) is 61.7 Å². The highest BCUT2D eigenvalue weighted by Gasteiger charge is 2.47. The van der Waals surface area contributed by atoms with E-state index in [2.05, 4.69) is 5.32 Å². The lowest BCUT2D eigenvalue weighted by Gasteiger charge is -2.43. The molecule has 1 unspecified atom stereocenters. The molecule has 1 fully saturated rings. The molecule has 8 nitrogen and oxygen atoms in total. The first kappa shape index (κ1) is 24.4. The van der Waals surface area contributed by atoms with E-state index < -0.39 is 36.2 Å². The number of halogens is 1. The monoisotopic (exact) mass is 466 g/mol. The topological polar surface area (TPSA) is 100 Å². The van der Waals surface area contributed by atoms with Gasteiger partial charge in [0, 0.05) is 26.5 Å². The molecule has 3 rings (SSSR count). The highest BCUT2D eigenvalue weighted by Crippen LogP contribution is 2.39. The number of rotatable bonds is 2. The predicted octanol–water partition coefficient (Wildman–Crippen LogP) is 3.00. The van der Waals surface area contributed by atoms with Crippen LogP contribution in [0.3, 0.4) is 0 Å². The van der Waals surface area contributed by atoms with Crippen molar-refractivity contribution in [3.63, 3.8) is 0 Å². The van der Waals surface area contributed by atoms with Crippen molar-refractivity contribution in [3.8, 4) is 5.75 Å². The van der Waals surface area contributed by atoms with Gasteiger partial charge in [-0.2, -0.15) is 0 Å². The fraction of sp³-hybridized carbons (Fsp3) is 0.522. The summed E-state index contributed by atoms with van der Waals surface area (Å²) in [7, 11) is 4.71. The molecule has 1 aromatic carbocycles. The van der Waals surface area contributed by atoms with Crippen molar-refractivity contribution in [2.24, 2.45) is 5.92 Å². The van der Waals surface area contributed by atoms with Crippen LogP contribution >= 0.6 is 11.6 Å². The lowest BCUT2D eigenvalue weighted by atomic mass is 9.89. The Hall–Kier alpha value is -2.26. The molecule has 0 radical (unpaired) electrons. The summed E-state index contributed by atoms with van der Waals surface area (Å²) in [5.41, 5.74) is 0.888. The van der Waals surface area contributed by atoms with E-state index in [1.807, 2.05) is 25.1 Å². The standard InChI is InChI=1S/C23H31ClN2O6/c1-13-7-6-8-19(31-5)23(29)12-18(32-22(28)25-23)14(2)21(27)26(3)16-10-15(9-13)11-17(30-4)20(16)24/h6-8,10-11,14,18-19,21,27,29H,9,12H2,1-5H3,(H,25,28)/b8-6+,13-7-/t14-,18+,19-,21?,23+/m1/s1. The van der Waals surface area contributed by atoms with Crippen molar-refractivity contribution in [1.82, 2.24) is 5.32 Å². The predicted molar refractivity (Wildman–Crippen MR) is 122 cm³/mol. The van der Waals surface area contributed by atoms with E-state index in [4.69, 9.17) is 25.8 Å². The van der Waals surface area contributed by atoms with Crippen molar-refractivity contribution < 1.29 is 29.2 Å². The van der Waals surface area contributed by atoms with Crippen LogP contribution in [0.1, 0.15) is 25.8 Å². The van der Waals surface area contributed by atoms with Crippen molar-refractivity contribution >= 4 is 23.4 Å². The van der Waals surface area contributed by atoms with E-state index in [0.717, 1.165) is 11.1 Å². The van der Waals surface area contributed by atoms with Gasteiger partial charge in [0.15, 0.2) is 5.72 Å². The summed E-state index contributed by atoms with van der Waals surface area (Å²) < 4.78 is 16.4. The first-order valence-corrected chi connectivity index (χ1v) is 10.8. The number of amides is 1. The minimum atomic E-state index is -1.70. The molecule has 9 heteroatoms. The molecule has 0 aliphatic carbocycles. The number of carbonyl (C=O) groups is 1. The van der Waals surface area contributed by atoms with Gasteiger partial charge in [-0.3, -0.25) is 5.32 Å². The number of ether oxygens (including phenoxy) is 3. The van der Waals surface area contributed by atoms with Gasteiger partial charge in [-0.25, -0.2) is 4.79 Å². The second-order valence-corrected chi connectivity index (χ2v) is 8.82. The maximum atomic E-state index is 12.3. The Balaban J connectivity index is 2.12. The molecule has 2 aliphatic rings. The zero-order valence-electron chi connectivity index (χ0n) is 19.0. The number of hydrogen-bond acceptors (Lipinski definition) is 7.